The number of phenols is 1. The van der Waals surface area contributed by atoms with Crippen LogP contribution in [-0.4, -0.2) is 25.7 Å². The highest BCUT2D eigenvalue weighted by atomic mass is 35.5. The van der Waals surface area contributed by atoms with Crippen LogP contribution in [0.2, 0.25) is 10.0 Å². The number of aromatic hydroxyl groups is 1. The van der Waals surface area contributed by atoms with Crippen LogP contribution in [-0.2, 0) is 11.3 Å². The molecule has 1 aromatic carbocycles. The summed E-state index contributed by atoms with van der Waals surface area (Å²) in [4.78, 5) is 26.3. The van der Waals surface area contributed by atoms with E-state index in [-0.39, 0.29) is 26.7 Å². The molecule has 0 radical (unpaired) electrons. The molecule has 0 aliphatic rings. The maximum atomic E-state index is 12.0. The number of rotatable bonds is 2. The highest BCUT2D eigenvalue weighted by Crippen LogP contribution is 2.34. The summed E-state index contributed by atoms with van der Waals surface area (Å²) in [6, 6.07) is 1.20. The molecule has 18 heavy (non-hydrogen) atoms. The molecule has 0 unspecified atom stereocenters. The van der Waals surface area contributed by atoms with E-state index >= 15 is 0 Å². The van der Waals surface area contributed by atoms with E-state index in [0.29, 0.717) is 0 Å². The fourth-order valence-corrected chi connectivity index (χ4v) is 2.04. The first-order valence-electron chi connectivity index (χ1n) is 4.69. The first-order valence-corrected chi connectivity index (χ1v) is 5.45. The van der Waals surface area contributed by atoms with Crippen LogP contribution in [0.4, 0.5) is 0 Å². The molecule has 6 nitrogen and oxygen atoms in total. The van der Waals surface area contributed by atoms with E-state index in [4.69, 9.17) is 28.3 Å². The van der Waals surface area contributed by atoms with Crippen molar-refractivity contribution in [3.05, 3.63) is 32.8 Å². The Kier molecular flexibility index (Phi) is 3.14. The van der Waals surface area contributed by atoms with E-state index in [1.807, 2.05) is 0 Å². The number of halogens is 2. The average molecular weight is 289 g/mol. The molecule has 1 aromatic heterocycles. The number of carboxylic acid groups (broad SMARTS) is 1. The molecular weight excluding hydrogens is 283 g/mol. The lowest BCUT2D eigenvalue weighted by Gasteiger charge is -2.07. The van der Waals surface area contributed by atoms with E-state index in [9.17, 15) is 14.7 Å². The lowest BCUT2D eigenvalue weighted by molar-refractivity contribution is -0.137. The van der Waals surface area contributed by atoms with Crippen LogP contribution in [0, 0.1) is 0 Å². The SMILES string of the molecule is O=C(O)Cn1cnc2c(O)c(Cl)cc(Cl)c2c1=O. The van der Waals surface area contributed by atoms with E-state index < -0.39 is 18.1 Å². The number of fused-ring (bicyclic) bond motifs is 1. The molecule has 0 fully saturated rings. The molecule has 0 saturated carbocycles. The molecule has 0 aliphatic carbocycles. The minimum atomic E-state index is -1.19. The van der Waals surface area contributed by atoms with Crippen LogP contribution < -0.4 is 5.56 Å². The third kappa shape index (κ3) is 2.00. The molecule has 0 saturated heterocycles. The first kappa shape index (κ1) is 12.7. The molecule has 0 bridgehead atoms. The van der Waals surface area contributed by atoms with Gasteiger partial charge in [0, 0.05) is 0 Å². The summed E-state index contributed by atoms with van der Waals surface area (Å²) in [6.45, 7) is -0.540. The molecule has 1 heterocycles. The predicted molar refractivity (Wildman–Crippen MR) is 65.3 cm³/mol. The van der Waals surface area contributed by atoms with Crippen LogP contribution in [0.5, 0.6) is 5.75 Å². The van der Waals surface area contributed by atoms with Gasteiger partial charge in [0.15, 0.2) is 5.75 Å². The molecule has 8 heteroatoms. The minimum Gasteiger partial charge on any atom is -0.504 e. The van der Waals surface area contributed by atoms with Crippen molar-refractivity contribution in [3.63, 3.8) is 0 Å². The highest BCUT2D eigenvalue weighted by Gasteiger charge is 2.15. The Morgan fingerprint density at radius 3 is 2.67 bits per heavy atom. The fraction of sp³-hybridized carbons (Fsp3) is 0.100. The van der Waals surface area contributed by atoms with E-state index in [1.54, 1.807) is 0 Å². The maximum absolute atomic E-state index is 12.0. The van der Waals surface area contributed by atoms with Crippen molar-refractivity contribution in [3.8, 4) is 5.75 Å². The summed E-state index contributed by atoms with van der Waals surface area (Å²) >= 11 is 11.5. The van der Waals surface area contributed by atoms with Crippen molar-refractivity contribution < 1.29 is 15.0 Å². The third-order valence-electron chi connectivity index (χ3n) is 2.29. The van der Waals surface area contributed by atoms with Gasteiger partial charge in [-0.1, -0.05) is 23.2 Å². The molecule has 0 atom stereocenters. The van der Waals surface area contributed by atoms with E-state index in [1.165, 1.54) is 6.07 Å². The topological polar surface area (TPSA) is 92.4 Å². The Labute approximate surface area is 110 Å². The quantitative estimate of drug-likeness (QED) is 0.873. The van der Waals surface area contributed by atoms with Crippen LogP contribution in [0.3, 0.4) is 0 Å². The number of benzene rings is 1. The zero-order chi connectivity index (χ0) is 13.4. The summed E-state index contributed by atoms with van der Waals surface area (Å²) in [5, 5.41) is 18.2. The molecule has 2 rings (SSSR count). The van der Waals surface area contributed by atoms with Gasteiger partial charge < -0.3 is 10.2 Å². The van der Waals surface area contributed by atoms with Gasteiger partial charge in [0.05, 0.1) is 21.8 Å². The van der Waals surface area contributed by atoms with Crippen LogP contribution in [0.1, 0.15) is 0 Å². The minimum absolute atomic E-state index is 0.00467. The Hall–Kier alpha value is -1.79. The maximum Gasteiger partial charge on any atom is 0.323 e. The number of aliphatic carboxylic acids is 1. The van der Waals surface area contributed by atoms with Crippen LogP contribution in [0.25, 0.3) is 10.9 Å². The Morgan fingerprint density at radius 1 is 1.39 bits per heavy atom. The van der Waals surface area contributed by atoms with Gasteiger partial charge in [0.2, 0.25) is 0 Å². The summed E-state index contributed by atoms with van der Waals surface area (Å²) in [5.41, 5.74) is -0.710. The molecule has 94 valence electrons. The summed E-state index contributed by atoms with van der Waals surface area (Å²) in [5.74, 6) is -1.55. The summed E-state index contributed by atoms with van der Waals surface area (Å²) < 4.78 is 0.879. The zero-order valence-electron chi connectivity index (χ0n) is 8.72. The number of aromatic nitrogens is 2. The summed E-state index contributed by atoms with van der Waals surface area (Å²) in [7, 11) is 0. The zero-order valence-corrected chi connectivity index (χ0v) is 10.2. The second kappa shape index (κ2) is 4.47. The predicted octanol–water partition coefficient (Wildman–Crippen LogP) is 1.49. The molecule has 0 amide bonds. The number of carboxylic acids is 1. The van der Waals surface area contributed by atoms with Crippen molar-refractivity contribution >= 4 is 40.1 Å². The molecule has 2 aromatic rings. The van der Waals surface area contributed by atoms with Gasteiger partial charge in [-0.3, -0.25) is 14.2 Å². The number of hydrogen-bond donors (Lipinski definition) is 2. The van der Waals surface area contributed by atoms with Gasteiger partial charge in [-0.05, 0) is 6.07 Å². The largest absolute Gasteiger partial charge is 0.504 e. The fourth-order valence-electron chi connectivity index (χ4n) is 1.51. The van der Waals surface area contributed by atoms with E-state index in [0.717, 1.165) is 10.9 Å². The smallest absolute Gasteiger partial charge is 0.323 e. The third-order valence-corrected chi connectivity index (χ3v) is 2.87. The van der Waals surface area contributed by atoms with Crippen molar-refractivity contribution in [1.29, 1.82) is 0 Å². The first-order chi connectivity index (χ1) is 8.41. The molecule has 0 spiro atoms. The number of hydrogen-bond acceptors (Lipinski definition) is 4. The van der Waals surface area contributed by atoms with Gasteiger partial charge in [0.25, 0.3) is 5.56 Å². The second-order valence-corrected chi connectivity index (χ2v) is 4.30. The Morgan fingerprint density at radius 2 is 2.06 bits per heavy atom. The monoisotopic (exact) mass is 288 g/mol. The summed E-state index contributed by atoms with van der Waals surface area (Å²) in [6.07, 6.45) is 1.02. The number of carbonyl (C=O) groups is 1. The van der Waals surface area contributed by atoms with Crippen LogP contribution in [0.15, 0.2) is 17.2 Å². The molecule has 0 aliphatic heterocycles. The normalized spacial score (nSPS) is 10.8. The molecular formula is C10H6Cl2N2O4. The van der Waals surface area contributed by atoms with E-state index in [2.05, 4.69) is 4.98 Å². The van der Waals surface area contributed by atoms with Gasteiger partial charge in [-0.25, -0.2) is 4.98 Å². The van der Waals surface area contributed by atoms with Gasteiger partial charge in [0.1, 0.15) is 12.1 Å². The van der Waals surface area contributed by atoms with Crippen molar-refractivity contribution in [1.82, 2.24) is 9.55 Å². The van der Waals surface area contributed by atoms with Crippen molar-refractivity contribution in [2.75, 3.05) is 0 Å². The lowest BCUT2D eigenvalue weighted by Crippen LogP contribution is -2.24. The number of phenolic OH excluding ortho intramolecular Hbond substituents is 1. The van der Waals surface area contributed by atoms with Crippen LogP contribution >= 0.6 is 23.2 Å². The average Bonchev–Trinajstić information content (AvgIpc) is 2.28. The Bertz CT molecular complexity index is 711. The second-order valence-electron chi connectivity index (χ2n) is 3.48. The number of nitrogens with zero attached hydrogens (tertiary/aromatic N) is 2. The molecule has 2 N–H and O–H groups in total. The van der Waals surface area contributed by atoms with Crippen molar-refractivity contribution in [2.24, 2.45) is 0 Å². The van der Waals surface area contributed by atoms with Crippen molar-refractivity contribution in [2.45, 2.75) is 6.54 Å². The van der Waals surface area contributed by atoms with Gasteiger partial charge in [-0.15, -0.1) is 0 Å². The van der Waals surface area contributed by atoms with Gasteiger partial charge in [-0.2, -0.15) is 0 Å². The Balaban J connectivity index is 2.83. The highest BCUT2D eigenvalue weighted by molar-refractivity contribution is 6.39. The standard InChI is InChI=1S/C10H6Cl2N2O4/c11-4-1-5(12)9(17)8-7(4)10(18)14(3-13-8)2-6(15)16/h1,3,17H,2H2,(H,15,16). The van der Waals surface area contributed by atoms with Gasteiger partial charge >= 0.3 is 5.97 Å². The lowest BCUT2D eigenvalue weighted by atomic mass is 10.2.